The van der Waals surface area contributed by atoms with Gasteiger partial charge >= 0.3 is 5.97 Å². The summed E-state index contributed by atoms with van der Waals surface area (Å²) < 4.78 is 12.9. The molecule has 1 aliphatic carbocycles. The Balaban J connectivity index is 1.96. The van der Waals surface area contributed by atoms with Crippen molar-refractivity contribution < 1.29 is 19.1 Å². The standard InChI is InChI=1S/C16H20FNO3/c1-11(16(20)21)10-18(15(19)13-4-5-13)9-8-12-2-6-14(17)7-3-12/h2-3,6-7,11,13H,4-5,8-10H2,1H3,(H,20,21). The maximum atomic E-state index is 12.9. The molecule has 114 valence electrons. The number of amides is 1. The molecule has 1 amide bonds. The highest BCUT2D eigenvalue weighted by Gasteiger charge is 2.34. The number of hydrogen-bond acceptors (Lipinski definition) is 2. The molecule has 0 aliphatic heterocycles. The van der Waals surface area contributed by atoms with Crippen LogP contribution in [0, 0.1) is 17.7 Å². The van der Waals surface area contributed by atoms with Crippen LogP contribution in [0.4, 0.5) is 4.39 Å². The summed E-state index contributed by atoms with van der Waals surface area (Å²) >= 11 is 0. The summed E-state index contributed by atoms with van der Waals surface area (Å²) in [6.07, 6.45) is 2.39. The molecule has 5 heteroatoms. The molecule has 1 fully saturated rings. The number of aliphatic carboxylic acids is 1. The predicted molar refractivity (Wildman–Crippen MR) is 76.2 cm³/mol. The summed E-state index contributed by atoms with van der Waals surface area (Å²) in [6, 6.07) is 6.16. The van der Waals surface area contributed by atoms with E-state index in [1.165, 1.54) is 12.1 Å². The van der Waals surface area contributed by atoms with E-state index >= 15 is 0 Å². The van der Waals surface area contributed by atoms with E-state index in [1.807, 2.05) is 0 Å². The van der Waals surface area contributed by atoms with Crippen LogP contribution in [0.5, 0.6) is 0 Å². The van der Waals surface area contributed by atoms with Crippen LogP contribution in [0.25, 0.3) is 0 Å². The number of carboxylic acids is 1. The molecule has 1 unspecified atom stereocenters. The lowest BCUT2D eigenvalue weighted by atomic mass is 10.1. The summed E-state index contributed by atoms with van der Waals surface area (Å²) in [4.78, 5) is 24.8. The van der Waals surface area contributed by atoms with Crippen LogP contribution < -0.4 is 0 Å². The van der Waals surface area contributed by atoms with Crippen LogP contribution in [-0.2, 0) is 16.0 Å². The molecule has 21 heavy (non-hydrogen) atoms. The van der Waals surface area contributed by atoms with Crippen LogP contribution in [0.3, 0.4) is 0 Å². The minimum Gasteiger partial charge on any atom is -0.481 e. The minimum absolute atomic E-state index is 0.0465. The first-order valence-corrected chi connectivity index (χ1v) is 7.23. The van der Waals surface area contributed by atoms with E-state index in [4.69, 9.17) is 5.11 Å². The summed E-state index contributed by atoms with van der Waals surface area (Å²) in [5.41, 5.74) is 0.938. The smallest absolute Gasteiger partial charge is 0.308 e. The zero-order chi connectivity index (χ0) is 15.4. The molecular weight excluding hydrogens is 273 g/mol. The van der Waals surface area contributed by atoms with Crippen LogP contribution >= 0.6 is 0 Å². The molecule has 0 saturated heterocycles. The Bertz CT molecular complexity index is 511. The number of carbonyl (C=O) groups excluding carboxylic acids is 1. The maximum absolute atomic E-state index is 12.9. The van der Waals surface area contributed by atoms with E-state index < -0.39 is 11.9 Å². The fraction of sp³-hybridized carbons (Fsp3) is 0.500. The zero-order valence-electron chi connectivity index (χ0n) is 12.1. The zero-order valence-corrected chi connectivity index (χ0v) is 12.1. The van der Waals surface area contributed by atoms with E-state index in [9.17, 15) is 14.0 Å². The van der Waals surface area contributed by atoms with Gasteiger partial charge in [0.1, 0.15) is 5.82 Å². The van der Waals surface area contributed by atoms with Gasteiger partial charge in [0.25, 0.3) is 0 Å². The molecule has 1 saturated carbocycles. The second kappa shape index (κ2) is 6.70. The van der Waals surface area contributed by atoms with Gasteiger partial charge in [-0.05, 0) is 37.0 Å². The third kappa shape index (κ3) is 4.55. The lowest BCUT2D eigenvalue weighted by Crippen LogP contribution is -2.39. The molecule has 1 N–H and O–H groups in total. The third-order valence-corrected chi connectivity index (χ3v) is 3.74. The Morgan fingerprint density at radius 1 is 1.33 bits per heavy atom. The van der Waals surface area contributed by atoms with Gasteiger partial charge in [0, 0.05) is 19.0 Å². The molecule has 0 spiro atoms. The molecule has 1 atom stereocenters. The molecule has 1 aliphatic rings. The topological polar surface area (TPSA) is 57.6 Å². The molecule has 4 nitrogen and oxygen atoms in total. The summed E-state index contributed by atoms with van der Waals surface area (Å²) in [5.74, 6) is -1.65. The summed E-state index contributed by atoms with van der Waals surface area (Å²) in [5, 5.41) is 9.00. The molecule has 0 aromatic heterocycles. The number of carboxylic acid groups (broad SMARTS) is 1. The van der Waals surface area contributed by atoms with Crippen molar-refractivity contribution in [1.29, 1.82) is 0 Å². The Labute approximate surface area is 123 Å². The average molecular weight is 293 g/mol. The van der Waals surface area contributed by atoms with Crippen molar-refractivity contribution in [3.63, 3.8) is 0 Å². The first-order valence-electron chi connectivity index (χ1n) is 7.23. The second-order valence-electron chi connectivity index (χ2n) is 5.67. The van der Waals surface area contributed by atoms with E-state index in [0.29, 0.717) is 13.0 Å². The molecule has 0 bridgehead atoms. The predicted octanol–water partition coefficient (Wildman–Crippen LogP) is 2.33. The van der Waals surface area contributed by atoms with Gasteiger partial charge in [-0.15, -0.1) is 0 Å². The summed E-state index contributed by atoms with van der Waals surface area (Å²) in [7, 11) is 0. The molecule has 0 heterocycles. The van der Waals surface area contributed by atoms with Crippen molar-refractivity contribution in [1.82, 2.24) is 4.90 Å². The Morgan fingerprint density at radius 3 is 2.48 bits per heavy atom. The SMILES string of the molecule is CC(CN(CCc1ccc(F)cc1)C(=O)C1CC1)C(=O)O. The van der Waals surface area contributed by atoms with Crippen molar-refractivity contribution >= 4 is 11.9 Å². The largest absolute Gasteiger partial charge is 0.481 e. The van der Waals surface area contributed by atoms with E-state index in [-0.39, 0.29) is 24.2 Å². The highest BCUT2D eigenvalue weighted by atomic mass is 19.1. The van der Waals surface area contributed by atoms with Crippen molar-refractivity contribution in [2.24, 2.45) is 11.8 Å². The molecule has 1 aromatic carbocycles. The highest BCUT2D eigenvalue weighted by Crippen LogP contribution is 2.31. The quantitative estimate of drug-likeness (QED) is 0.839. The lowest BCUT2D eigenvalue weighted by molar-refractivity contribution is -0.143. The normalized spacial score (nSPS) is 15.5. The maximum Gasteiger partial charge on any atom is 0.308 e. The van der Waals surface area contributed by atoms with Crippen LogP contribution in [0.15, 0.2) is 24.3 Å². The number of carbonyl (C=O) groups is 2. The first kappa shape index (κ1) is 15.5. The van der Waals surface area contributed by atoms with Gasteiger partial charge in [-0.25, -0.2) is 4.39 Å². The molecular formula is C16H20FNO3. The van der Waals surface area contributed by atoms with Crippen LogP contribution in [0.2, 0.25) is 0 Å². The second-order valence-corrected chi connectivity index (χ2v) is 5.67. The van der Waals surface area contributed by atoms with E-state index in [2.05, 4.69) is 0 Å². The van der Waals surface area contributed by atoms with E-state index in [1.54, 1.807) is 24.0 Å². The van der Waals surface area contributed by atoms with Gasteiger partial charge in [-0.2, -0.15) is 0 Å². The third-order valence-electron chi connectivity index (χ3n) is 3.74. The summed E-state index contributed by atoms with van der Waals surface area (Å²) in [6.45, 7) is 2.30. The highest BCUT2D eigenvalue weighted by molar-refractivity contribution is 5.81. The van der Waals surface area contributed by atoms with Crippen molar-refractivity contribution in [3.05, 3.63) is 35.6 Å². The number of hydrogen-bond donors (Lipinski definition) is 1. The van der Waals surface area contributed by atoms with Gasteiger partial charge in [-0.1, -0.05) is 19.1 Å². The van der Waals surface area contributed by atoms with Gasteiger partial charge in [-0.3, -0.25) is 9.59 Å². The molecule has 0 radical (unpaired) electrons. The van der Waals surface area contributed by atoms with Crippen LogP contribution in [-0.4, -0.2) is 35.0 Å². The number of benzene rings is 1. The van der Waals surface area contributed by atoms with Gasteiger partial charge in [0.2, 0.25) is 5.91 Å². The van der Waals surface area contributed by atoms with Crippen LogP contribution in [0.1, 0.15) is 25.3 Å². The fourth-order valence-electron chi connectivity index (χ4n) is 2.20. The number of nitrogens with zero attached hydrogens (tertiary/aromatic N) is 1. The Morgan fingerprint density at radius 2 is 1.95 bits per heavy atom. The molecule has 1 aromatic rings. The monoisotopic (exact) mass is 293 g/mol. The van der Waals surface area contributed by atoms with Gasteiger partial charge < -0.3 is 10.0 Å². The lowest BCUT2D eigenvalue weighted by Gasteiger charge is -2.24. The Kier molecular flexibility index (Phi) is 4.94. The Hall–Kier alpha value is -1.91. The number of halogens is 1. The van der Waals surface area contributed by atoms with Gasteiger partial charge in [0.15, 0.2) is 0 Å². The minimum atomic E-state index is -0.898. The van der Waals surface area contributed by atoms with E-state index in [0.717, 1.165) is 18.4 Å². The average Bonchev–Trinajstić information content (AvgIpc) is 3.28. The fourth-order valence-corrected chi connectivity index (χ4v) is 2.20. The van der Waals surface area contributed by atoms with Crippen molar-refractivity contribution in [2.45, 2.75) is 26.2 Å². The number of rotatable bonds is 7. The van der Waals surface area contributed by atoms with Crippen molar-refractivity contribution in [3.8, 4) is 0 Å². The van der Waals surface area contributed by atoms with Gasteiger partial charge in [0.05, 0.1) is 5.92 Å². The van der Waals surface area contributed by atoms with Crippen molar-refractivity contribution in [2.75, 3.05) is 13.1 Å². The molecule has 2 rings (SSSR count). The first-order chi connectivity index (χ1) is 9.97.